The highest BCUT2D eigenvalue weighted by molar-refractivity contribution is 5.68. The lowest BCUT2D eigenvalue weighted by atomic mass is 10.0. The Morgan fingerprint density at radius 1 is 0.655 bits per heavy atom. The summed E-state index contributed by atoms with van der Waals surface area (Å²) in [7, 11) is 4.03. The standard InChI is InChI=1S/C25H25N3O/c1-4-5-18-6-8-19(9-7-18)20-10-12-21(13-11-20)24-26-27-25(29-24)22-14-16-23(17-15-22)28(2)3/h6-17H,4-5H2,1-3H3. The number of nitrogens with zero attached hydrogens (tertiary/aromatic N) is 3. The lowest BCUT2D eigenvalue weighted by Gasteiger charge is -2.11. The second-order valence-corrected chi connectivity index (χ2v) is 7.38. The maximum Gasteiger partial charge on any atom is 0.248 e. The zero-order valence-electron chi connectivity index (χ0n) is 17.1. The molecule has 4 rings (SSSR count). The molecule has 146 valence electrons. The third kappa shape index (κ3) is 4.21. The van der Waals surface area contributed by atoms with Crippen LogP contribution in [0.2, 0.25) is 0 Å². The highest BCUT2D eigenvalue weighted by atomic mass is 16.4. The van der Waals surface area contributed by atoms with Gasteiger partial charge in [-0.3, -0.25) is 0 Å². The summed E-state index contributed by atoms with van der Waals surface area (Å²) in [4.78, 5) is 2.06. The van der Waals surface area contributed by atoms with Crippen LogP contribution in [0.5, 0.6) is 0 Å². The van der Waals surface area contributed by atoms with Gasteiger partial charge in [0.1, 0.15) is 0 Å². The van der Waals surface area contributed by atoms with Crippen LogP contribution in [0.3, 0.4) is 0 Å². The van der Waals surface area contributed by atoms with Crippen LogP contribution in [0, 0.1) is 0 Å². The molecule has 0 atom stereocenters. The molecule has 0 fully saturated rings. The van der Waals surface area contributed by atoms with Crippen molar-refractivity contribution in [2.45, 2.75) is 19.8 Å². The first-order valence-electron chi connectivity index (χ1n) is 9.95. The van der Waals surface area contributed by atoms with E-state index in [1.54, 1.807) is 0 Å². The molecule has 4 heteroatoms. The zero-order valence-corrected chi connectivity index (χ0v) is 17.1. The molecule has 0 amide bonds. The zero-order chi connectivity index (χ0) is 20.2. The van der Waals surface area contributed by atoms with Crippen LogP contribution in [0.1, 0.15) is 18.9 Å². The average molecular weight is 383 g/mol. The van der Waals surface area contributed by atoms with Gasteiger partial charge in [-0.15, -0.1) is 10.2 Å². The third-order valence-corrected chi connectivity index (χ3v) is 5.01. The van der Waals surface area contributed by atoms with Gasteiger partial charge in [0.2, 0.25) is 11.8 Å². The first kappa shape index (κ1) is 18.9. The molecule has 1 heterocycles. The quantitative estimate of drug-likeness (QED) is 0.404. The summed E-state index contributed by atoms with van der Waals surface area (Å²) >= 11 is 0. The van der Waals surface area contributed by atoms with Crippen LogP contribution in [0.4, 0.5) is 5.69 Å². The van der Waals surface area contributed by atoms with Gasteiger partial charge in [-0.25, -0.2) is 0 Å². The first-order valence-corrected chi connectivity index (χ1v) is 9.95. The number of hydrogen-bond acceptors (Lipinski definition) is 4. The second-order valence-electron chi connectivity index (χ2n) is 7.38. The lowest BCUT2D eigenvalue weighted by molar-refractivity contribution is 0.584. The van der Waals surface area contributed by atoms with Crippen LogP contribution in [-0.2, 0) is 6.42 Å². The summed E-state index contributed by atoms with van der Waals surface area (Å²) in [5, 5.41) is 8.44. The molecule has 0 saturated carbocycles. The third-order valence-electron chi connectivity index (χ3n) is 5.01. The monoisotopic (exact) mass is 383 g/mol. The van der Waals surface area contributed by atoms with Crippen LogP contribution in [0.15, 0.2) is 77.2 Å². The number of hydrogen-bond donors (Lipinski definition) is 0. The summed E-state index contributed by atoms with van der Waals surface area (Å²) in [6, 6.07) is 25.1. The number of rotatable bonds is 6. The SMILES string of the molecule is CCCc1ccc(-c2ccc(-c3nnc(-c4ccc(N(C)C)cc4)o3)cc2)cc1. The van der Waals surface area contributed by atoms with E-state index >= 15 is 0 Å². The molecule has 0 bridgehead atoms. The molecule has 0 radical (unpaired) electrons. The van der Waals surface area contributed by atoms with Crippen LogP contribution >= 0.6 is 0 Å². The number of anilines is 1. The topological polar surface area (TPSA) is 42.2 Å². The van der Waals surface area contributed by atoms with Crippen molar-refractivity contribution in [3.05, 3.63) is 78.4 Å². The Labute approximate surface area is 171 Å². The number of aromatic nitrogens is 2. The van der Waals surface area contributed by atoms with Crippen LogP contribution in [-0.4, -0.2) is 24.3 Å². The summed E-state index contributed by atoms with van der Waals surface area (Å²) in [5.74, 6) is 1.06. The van der Waals surface area contributed by atoms with Crippen molar-refractivity contribution < 1.29 is 4.42 Å². The Kier molecular flexibility index (Phi) is 5.43. The molecule has 0 N–H and O–H groups in total. The Morgan fingerprint density at radius 3 is 1.59 bits per heavy atom. The van der Waals surface area contributed by atoms with Crippen molar-refractivity contribution in [2.75, 3.05) is 19.0 Å². The van der Waals surface area contributed by atoms with E-state index in [9.17, 15) is 0 Å². The minimum absolute atomic E-state index is 0.529. The molecule has 0 aliphatic carbocycles. The Hall–Kier alpha value is -3.40. The molecule has 0 spiro atoms. The van der Waals surface area contributed by atoms with E-state index in [-0.39, 0.29) is 0 Å². The largest absolute Gasteiger partial charge is 0.416 e. The minimum atomic E-state index is 0.529. The van der Waals surface area contributed by atoms with Gasteiger partial charge in [-0.1, -0.05) is 49.7 Å². The van der Waals surface area contributed by atoms with E-state index in [1.165, 1.54) is 23.1 Å². The predicted octanol–water partition coefficient (Wildman–Crippen LogP) is 6.09. The van der Waals surface area contributed by atoms with E-state index in [0.717, 1.165) is 23.2 Å². The molecule has 29 heavy (non-hydrogen) atoms. The molecule has 0 unspecified atom stereocenters. The van der Waals surface area contributed by atoms with E-state index in [1.807, 2.05) is 50.5 Å². The van der Waals surface area contributed by atoms with Crippen molar-refractivity contribution in [3.63, 3.8) is 0 Å². The van der Waals surface area contributed by atoms with E-state index < -0.39 is 0 Å². The van der Waals surface area contributed by atoms with Crippen molar-refractivity contribution in [3.8, 4) is 34.0 Å². The van der Waals surface area contributed by atoms with Gasteiger partial charge in [0.25, 0.3) is 0 Å². The van der Waals surface area contributed by atoms with Crippen molar-refractivity contribution >= 4 is 5.69 Å². The molecule has 0 aliphatic rings. The molecule has 4 nitrogen and oxygen atoms in total. The van der Waals surface area contributed by atoms with Crippen molar-refractivity contribution in [1.29, 1.82) is 0 Å². The number of aryl methyl sites for hydroxylation is 1. The molecule has 3 aromatic carbocycles. The van der Waals surface area contributed by atoms with Gasteiger partial charge < -0.3 is 9.32 Å². The fraction of sp³-hybridized carbons (Fsp3) is 0.200. The fourth-order valence-electron chi connectivity index (χ4n) is 3.32. The lowest BCUT2D eigenvalue weighted by Crippen LogP contribution is -2.07. The van der Waals surface area contributed by atoms with E-state index in [0.29, 0.717) is 11.8 Å². The van der Waals surface area contributed by atoms with E-state index in [2.05, 4.69) is 58.4 Å². The summed E-state index contributed by atoms with van der Waals surface area (Å²) in [6.07, 6.45) is 2.29. The maximum atomic E-state index is 5.91. The normalized spacial score (nSPS) is 10.9. The summed E-state index contributed by atoms with van der Waals surface area (Å²) in [5.41, 5.74) is 6.73. The van der Waals surface area contributed by atoms with Crippen LogP contribution in [0.25, 0.3) is 34.0 Å². The summed E-state index contributed by atoms with van der Waals surface area (Å²) in [6.45, 7) is 2.20. The van der Waals surface area contributed by atoms with Gasteiger partial charge in [0.05, 0.1) is 0 Å². The van der Waals surface area contributed by atoms with Gasteiger partial charge >= 0.3 is 0 Å². The highest BCUT2D eigenvalue weighted by Gasteiger charge is 2.11. The maximum absolute atomic E-state index is 5.91. The van der Waals surface area contributed by atoms with Crippen molar-refractivity contribution in [2.24, 2.45) is 0 Å². The highest BCUT2D eigenvalue weighted by Crippen LogP contribution is 2.28. The van der Waals surface area contributed by atoms with Gasteiger partial charge in [-0.2, -0.15) is 0 Å². The Balaban J connectivity index is 1.52. The van der Waals surface area contributed by atoms with Gasteiger partial charge in [0.15, 0.2) is 0 Å². The molecule has 0 saturated heterocycles. The smallest absolute Gasteiger partial charge is 0.248 e. The second kappa shape index (κ2) is 8.31. The Morgan fingerprint density at radius 2 is 1.10 bits per heavy atom. The summed E-state index contributed by atoms with van der Waals surface area (Å²) < 4.78 is 5.91. The molecular weight excluding hydrogens is 358 g/mol. The fourth-order valence-corrected chi connectivity index (χ4v) is 3.32. The Bertz CT molecular complexity index is 1060. The molecular formula is C25H25N3O. The molecule has 4 aromatic rings. The first-order chi connectivity index (χ1) is 14.1. The average Bonchev–Trinajstić information content (AvgIpc) is 3.25. The van der Waals surface area contributed by atoms with Gasteiger partial charge in [0, 0.05) is 30.9 Å². The predicted molar refractivity (Wildman–Crippen MR) is 119 cm³/mol. The van der Waals surface area contributed by atoms with Gasteiger partial charge in [-0.05, 0) is 59.5 Å². The molecule has 1 aromatic heterocycles. The number of benzene rings is 3. The van der Waals surface area contributed by atoms with Crippen molar-refractivity contribution in [1.82, 2.24) is 10.2 Å². The van der Waals surface area contributed by atoms with Crippen LogP contribution < -0.4 is 4.90 Å². The minimum Gasteiger partial charge on any atom is -0.416 e. The van der Waals surface area contributed by atoms with E-state index in [4.69, 9.17) is 4.42 Å². The molecule has 0 aliphatic heterocycles.